The Kier molecular flexibility index (Phi) is 4.90. The largest absolute Gasteiger partial charge is 0.378 e. The minimum atomic E-state index is -0.953. The number of hydrogen-bond acceptors (Lipinski definition) is 5. The summed E-state index contributed by atoms with van der Waals surface area (Å²) in [5.41, 5.74) is 3.00. The average Bonchev–Trinajstić information content (AvgIpc) is 3.31. The highest BCUT2D eigenvalue weighted by molar-refractivity contribution is 6.23. The highest BCUT2D eigenvalue weighted by Gasteiger charge is 2.60. The van der Waals surface area contributed by atoms with Crippen molar-refractivity contribution in [3.05, 3.63) is 90.2 Å². The minimum absolute atomic E-state index is 0.340. The number of benzene rings is 3. The molecule has 6 nitrogen and oxygen atoms in total. The van der Waals surface area contributed by atoms with Crippen LogP contribution in [-0.4, -0.2) is 32.0 Å². The zero-order valence-corrected chi connectivity index (χ0v) is 17.7. The molecule has 0 bridgehead atoms. The molecular weight excluding hydrogens is 409 g/mol. The molecule has 0 saturated carbocycles. The Balaban J connectivity index is 1.56. The van der Waals surface area contributed by atoms with Crippen molar-refractivity contribution in [3.8, 4) is 0 Å². The summed E-state index contributed by atoms with van der Waals surface area (Å²) in [6.45, 7) is 0. The number of nitrogens with zero attached hydrogens (tertiary/aromatic N) is 3. The molecule has 5 rings (SSSR count). The van der Waals surface area contributed by atoms with Gasteiger partial charge in [0.1, 0.15) is 11.7 Å². The highest BCUT2D eigenvalue weighted by Crippen LogP contribution is 2.47. The van der Waals surface area contributed by atoms with Crippen molar-refractivity contribution in [3.63, 3.8) is 0 Å². The molecule has 3 atom stereocenters. The van der Waals surface area contributed by atoms with Crippen LogP contribution in [0.15, 0.2) is 78.9 Å². The summed E-state index contributed by atoms with van der Waals surface area (Å²) in [5, 5.41) is 1.66. The second kappa shape index (κ2) is 7.76. The Labute approximate surface area is 185 Å². The minimum Gasteiger partial charge on any atom is -0.378 e. The lowest BCUT2D eigenvalue weighted by Crippen LogP contribution is -2.37. The van der Waals surface area contributed by atoms with Gasteiger partial charge in [0.25, 0.3) is 5.91 Å². The SMILES string of the molecule is CN(C)c1ccc(C2C3C(=O)N(c4ccc(F)cc4)C(=O)C3ON2c2ccccc2)cc1. The van der Waals surface area contributed by atoms with Crippen molar-refractivity contribution in [2.24, 2.45) is 5.92 Å². The molecule has 2 aliphatic heterocycles. The van der Waals surface area contributed by atoms with E-state index in [1.165, 1.54) is 24.3 Å². The van der Waals surface area contributed by atoms with E-state index in [1.54, 1.807) is 5.06 Å². The van der Waals surface area contributed by atoms with Crippen LogP contribution in [0, 0.1) is 11.7 Å². The van der Waals surface area contributed by atoms with E-state index in [0.29, 0.717) is 5.69 Å². The van der Waals surface area contributed by atoms with Gasteiger partial charge in [-0.25, -0.2) is 14.4 Å². The Bertz CT molecular complexity index is 1150. The number of amides is 2. The molecule has 2 saturated heterocycles. The molecule has 2 amide bonds. The number of hydroxylamine groups is 1. The van der Waals surface area contributed by atoms with Crippen LogP contribution in [0.25, 0.3) is 0 Å². The first kappa shape index (κ1) is 20.2. The van der Waals surface area contributed by atoms with Gasteiger partial charge in [-0.1, -0.05) is 30.3 Å². The maximum absolute atomic E-state index is 13.5. The molecule has 162 valence electrons. The van der Waals surface area contributed by atoms with Crippen molar-refractivity contribution >= 4 is 28.9 Å². The molecular formula is C25H22FN3O3. The fraction of sp³-hybridized carbons (Fsp3) is 0.200. The van der Waals surface area contributed by atoms with Gasteiger partial charge in [-0.15, -0.1) is 0 Å². The molecule has 0 radical (unpaired) electrons. The van der Waals surface area contributed by atoms with Gasteiger partial charge in [0, 0.05) is 19.8 Å². The molecule has 3 aromatic rings. The second-order valence-electron chi connectivity index (χ2n) is 8.13. The highest BCUT2D eigenvalue weighted by atomic mass is 19.1. The number of para-hydroxylation sites is 1. The maximum Gasteiger partial charge on any atom is 0.266 e. The second-order valence-corrected chi connectivity index (χ2v) is 8.13. The molecule has 3 unspecified atom stereocenters. The normalized spacial score (nSPS) is 22.4. The van der Waals surface area contributed by atoms with E-state index in [9.17, 15) is 14.0 Å². The summed E-state index contributed by atoms with van der Waals surface area (Å²) in [5.74, 6) is -1.96. The van der Waals surface area contributed by atoms with Crippen molar-refractivity contribution in [2.75, 3.05) is 29.0 Å². The van der Waals surface area contributed by atoms with Gasteiger partial charge in [-0.05, 0) is 54.1 Å². The standard InChI is InChI=1S/C25H22FN3O3/c1-27(2)18-12-8-16(9-13-18)22-21-23(32-29(22)20-6-4-3-5-7-20)25(31)28(24(21)30)19-14-10-17(26)11-15-19/h3-15,21-23H,1-2H3. The van der Waals surface area contributed by atoms with Gasteiger partial charge in [0.15, 0.2) is 6.10 Å². The lowest BCUT2D eigenvalue weighted by atomic mass is 9.90. The van der Waals surface area contributed by atoms with Gasteiger partial charge < -0.3 is 4.90 Å². The Hall–Kier alpha value is -3.71. The first-order chi connectivity index (χ1) is 15.5. The number of rotatable bonds is 4. The van der Waals surface area contributed by atoms with Gasteiger partial charge in [-0.2, -0.15) is 0 Å². The molecule has 2 heterocycles. The predicted octanol–water partition coefficient (Wildman–Crippen LogP) is 3.94. The van der Waals surface area contributed by atoms with Crippen LogP contribution < -0.4 is 14.9 Å². The first-order valence-corrected chi connectivity index (χ1v) is 10.4. The van der Waals surface area contributed by atoms with E-state index in [0.717, 1.165) is 21.8 Å². The molecule has 0 aromatic heterocycles. The summed E-state index contributed by atoms with van der Waals surface area (Å²) >= 11 is 0. The quantitative estimate of drug-likeness (QED) is 0.586. The van der Waals surface area contributed by atoms with Crippen molar-refractivity contribution < 1.29 is 18.8 Å². The van der Waals surface area contributed by atoms with Gasteiger partial charge in [0.2, 0.25) is 5.91 Å². The predicted molar refractivity (Wildman–Crippen MR) is 120 cm³/mol. The molecule has 32 heavy (non-hydrogen) atoms. The number of imide groups is 1. The molecule has 3 aromatic carbocycles. The van der Waals surface area contributed by atoms with Crippen molar-refractivity contribution in [2.45, 2.75) is 12.1 Å². The van der Waals surface area contributed by atoms with E-state index < -0.39 is 29.8 Å². The fourth-order valence-corrected chi connectivity index (χ4v) is 4.37. The third kappa shape index (κ3) is 3.22. The van der Waals surface area contributed by atoms with Gasteiger partial charge >= 0.3 is 0 Å². The lowest BCUT2D eigenvalue weighted by Gasteiger charge is -2.29. The van der Waals surface area contributed by atoms with Gasteiger partial charge in [-0.3, -0.25) is 14.4 Å². The molecule has 0 N–H and O–H groups in total. The van der Waals surface area contributed by atoms with Crippen LogP contribution in [0.2, 0.25) is 0 Å². The summed E-state index contributed by atoms with van der Waals surface area (Å²) in [6.07, 6.45) is -0.953. The molecule has 2 fully saturated rings. The number of fused-ring (bicyclic) bond motifs is 1. The van der Waals surface area contributed by atoms with E-state index in [4.69, 9.17) is 4.84 Å². The van der Waals surface area contributed by atoms with Crippen molar-refractivity contribution in [1.82, 2.24) is 0 Å². The number of hydrogen-bond donors (Lipinski definition) is 0. The maximum atomic E-state index is 13.5. The van der Waals surface area contributed by atoms with E-state index in [-0.39, 0.29) is 5.91 Å². The molecule has 2 aliphatic rings. The fourth-order valence-electron chi connectivity index (χ4n) is 4.37. The Morgan fingerprint density at radius 3 is 2.09 bits per heavy atom. The van der Waals surface area contributed by atoms with E-state index >= 15 is 0 Å². The monoisotopic (exact) mass is 431 g/mol. The third-order valence-electron chi connectivity index (χ3n) is 5.96. The van der Waals surface area contributed by atoms with Crippen molar-refractivity contribution in [1.29, 1.82) is 0 Å². The van der Waals surface area contributed by atoms with E-state index in [1.807, 2.05) is 73.6 Å². The number of carbonyl (C=O) groups is 2. The van der Waals surface area contributed by atoms with Crippen LogP contribution in [0.3, 0.4) is 0 Å². The first-order valence-electron chi connectivity index (χ1n) is 10.4. The number of anilines is 3. The zero-order chi connectivity index (χ0) is 22.4. The Morgan fingerprint density at radius 1 is 0.812 bits per heavy atom. The number of halogens is 1. The van der Waals surface area contributed by atoms with E-state index in [2.05, 4.69) is 0 Å². The Morgan fingerprint density at radius 2 is 1.47 bits per heavy atom. The van der Waals surface area contributed by atoms with Crippen LogP contribution in [0.4, 0.5) is 21.5 Å². The van der Waals surface area contributed by atoms with Crippen LogP contribution >= 0.6 is 0 Å². The summed E-state index contributed by atoms with van der Waals surface area (Å²) in [4.78, 5) is 36.0. The third-order valence-corrected chi connectivity index (χ3v) is 5.96. The number of carbonyl (C=O) groups excluding carboxylic acids is 2. The summed E-state index contributed by atoms with van der Waals surface area (Å²) in [7, 11) is 3.92. The lowest BCUT2D eigenvalue weighted by molar-refractivity contribution is -0.126. The van der Waals surface area contributed by atoms with Crippen LogP contribution in [-0.2, 0) is 14.4 Å². The molecule has 0 spiro atoms. The zero-order valence-electron chi connectivity index (χ0n) is 17.7. The molecule has 7 heteroatoms. The average molecular weight is 431 g/mol. The summed E-state index contributed by atoms with van der Waals surface area (Å²) < 4.78 is 13.4. The smallest absolute Gasteiger partial charge is 0.266 e. The van der Waals surface area contributed by atoms with Gasteiger partial charge in [0.05, 0.1) is 17.4 Å². The summed E-state index contributed by atoms with van der Waals surface area (Å²) in [6, 6.07) is 22.1. The van der Waals surface area contributed by atoms with Crippen LogP contribution in [0.5, 0.6) is 0 Å². The topological polar surface area (TPSA) is 53.1 Å². The molecule has 0 aliphatic carbocycles. The van der Waals surface area contributed by atoms with Crippen LogP contribution in [0.1, 0.15) is 11.6 Å².